The quantitative estimate of drug-likeness (QED) is 0.616. The number of esters is 1. The van der Waals surface area contributed by atoms with Crippen LogP contribution < -0.4 is 5.32 Å². The second-order valence-electron chi connectivity index (χ2n) is 4.52. The minimum absolute atomic E-state index is 0.235. The van der Waals surface area contributed by atoms with Crippen LogP contribution in [0.4, 0.5) is 5.69 Å². The van der Waals surface area contributed by atoms with Crippen molar-refractivity contribution in [1.82, 2.24) is 0 Å². The van der Waals surface area contributed by atoms with Crippen molar-refractivity contribution in [3.63, 3.8) is 0 Å². The Labute approximate surface area is 147 Å². The molecule has 1 unspecified atom stereocenters. The van der Waals surface area contributed by atoms with Gasteiger partial charge in [0, 0.05) is 11.0 Å². The van der Waals surface area contributed by atoms with Crippen LogP contribution in [0, 0.1) is 0 Å². The first kappa shape index (κ1) is 17.5. The fourth-order valence-electron chi connectivity index (χ4n) is 1.64. The molecule has 0 saturated heterocycles. The molecule has 1 N–H and O–H groups in total. The molecule has 120 valence electrons. The Hall–Kier alpha value is -1.82. The average molecular weight is 370 g/mol. The Morgan fingerprint density at radius 1 is 1.26 bits per heavy atom. The van der Waals surface area contributed by atoms with Gasteiger partial charge < -0.3 is 10.1 Å². The molecule has 1 aromatic carbocycles. The highest BCUT2D eigenvalue weighted by Crippen LogP contribution is 2.29. The lowest BCUT2D eigenvalue weighted by Crippen LogP contribution is -2.29. The summed E-state index contributed by atoms with van der Waals surface area (Å²) in [5.41, 5.74) is 0.362. The monoisotopic (exact) mass is 369 g/mol. The standard InChI is InChI=1S/C16H13Cl2NO3S/c1-10(22-14(20)8-7-11-4-3-9-23-11)16(21)19-13-6-2-5-12(17)15(13)18/h2-10H,1H3,(H,19,21)/b8-7+. The number of halogens is 2. The van der Waals surface area contributed by atoms with Crippen molar-refractivity contribution in [2.24, 2.45) is 0 Å². The zero-order valence-electron chi connectivity index (χ0n) is 12.1. The van der Waals surface area contributed by atoms with E-state index >= 15 is 0 Å². The Kier molecular flexibility index (Phi) is 6.21. The second-order valence-corrected chi connectivity index (χ2v) is 6.28. The molecule has 7 heteroatoms. The van der Waals surface area contributed by atoms with E-state index in [1.165, 1.54) is 24.3 Å². The number of anilines is 1. The first-order chi connectivity index (χ1) is 11.0. The molecule has 1 heterocycles. The summed E-state index contributed by atoms with van der Waals surface area (Å²) in [5, 5.41) is 5.03. The van der Waals surface area contributed by atoms with Gasteiger partial charge in [0.15, 0.2) is 6.10 Å². The molecule has 1 atom stereocenters. The molecule has 0 aliphatic carbocycles. The minimum atomic E-state index is -0.967. The molecular weight excluding hydrogens is 357 g/mol. The van der Waals surface area contributed by atoms with Crippen molar-refractivity contribution in [1.29, 1.82) is 0 Å². The number of rotatable bonds is 5. The molecule has 4 nitrogen and oxygen atoms in total. The summed E-state index contributed by atoms with van der Waals surface area (Å²) in [6.45, 7) is 1.48. The Balaban J connectivity index is 1.92. The van der Waals surface area contributed by atoms with E-state index in [2.05, 4.69) is 5.32 Å². The van der Waals surface area contributed by atoms with Crippen molar-refractivity contribution in [3.05, 3.63) is 56.7 Å². The lowest BCUT2D eigenvalue weighted by atomic mass is 10.3. The number of nitrogens with one attached hydrogen (secondary N) is 1. The van der Waals surface area contributed by atoms with Gasteiger partial charge in [0.25, 0.3) is 5.91 Å². The van der Waals surface area contributed by atoms with E-state index in [9.17, 15) is 9.59 Å². The van der Waals surface area contributed by atoms with Crippen LogP contribution in [0.2, 0.25) is 10.0 Å². The van der Waals surface area contributed by atoms with E-state index in [-0.39, 0.29) is 5.02 Å². The third-order valence-corrected chi connectivity index (χ3v) is 4.45. The van der Waals surface area contributed by atoms with Crippen LogP contribution in [0.1, 0.15) is 11.8 Å². The molecule has 0 fully saturated rings. The van der Waals surface area contributed by atoms with Gasteiger partial charge in [-0.05, 0) is 36.6 Å². The number of carbonyl (C=O) groups excluding carboxylic acids is 2. The lowest BCUT2D eigenvalue weighted by molar-refractivity contribution is -0.148. The molecule has 1 aromatic heterocycles. The van der Waals surface area contributed by atoms with E-state index in [1.807, 2.05) is 17.5 Å². The van der Waals surface area contributed by atoms with Crippen molar-refractivity contribution < 1.29 is 14.3 Å². The molecule has 0 bridgehead atoms. The van der Waals surface area contributed by atoms with Gasteiger partial charge in [-0.1, -0.05) is 35.3 Å². The summed E-state index contributed by atoms with van der Waals surface area (Å²) in [7, 11) is 0. The summed E-state index contributed by atoms with van der Waals surface area (Å²) in [6.07, 6.45) is 1.94. The molecule has 0 aliphatic rings. The number of hydrogen-bond donors (Lipinski definition) is 1. The number of hydrogen-bond acceptors (Lipinski definition) is 4. The Morgan fingerprint density at radius 3 is 2.74 bits per heavy atom. The topological polar surface area (TPSA) is 55.4 Å². The van der Waals surface area contributed by atoms with Crippen molar-refractivity contribution in [2.75, 3.05) is 5.32 Å². The van der Waals surface area contributed by atoms with Gasteiger partial charge in [-0.3, -0.25) is 4.79 Å². The number of amides is 1. The van der Waals surface area contributed by atoms with Crippen LogP contribution in [0.3, 0.4) is 0 Å². The van der Waals surface area contributed by atoms with E-state index in [0.29, 0.717) is 10.7 Å². The molecule has 2 rings (SSSR count). The number of benzene rings is 1. The van der Waals surface area contributed by atoms with Gasteiger partial charge in [0.05, 0.1) is 15.7 Å². The first-order valence-corrected chi connectivity index (χ1v) is 8.28. The SMILES string of the molecule is CC(OC(=O)/C=C/c1cccs1)C(=O)Nc1cccc(Cl)c1Cl. The summed E-state index contributed by atoms with van der Waals surface area (Å²) in [6, 6.07) is 8.62. The maximum absolute atomic E-state index is 12.0. The molecular formula is C16H13Cl2NO3S. The van der Waals surface area contributed by atoms with E-state index in [4.69, 9.17) is 27.9 Å². The Bertz CT molecular complexity index is 729. The van der Waals surface area contributed by atoms with Crippen LogP contribution >= 0.6 is 34.5 Å². The van der Waals surface area contributed by atoms with E-state index in [0.717, 1.165) is 4.88 Å². The van der Waals surface area contributed by atoms with E-state index < -0.39 is 18.0 Å². The van der Waals surface area contributed by atoms with Crippen LogP contribution in [-0.4, -0.2) is 18.0 Å². The van der Waals surface area contributed by atoms with Crippen LogP contribution in [0.5, 0.6) is 0 Å². The zero-order chi connectivity index (χ0) is 16.8. The lowest BCUT2D eigenvalue weighted by Gasteiger charge is -2.13. The summed E-state index contributed by atoms with van der Waals surface area (Å²) >= 11 is 13.4. The summed E-state index contributed by atoms with van der Waals surface area (Å²) < 4.78 is 5.04. The van der Waals surface area contributed by atoms with Gasteiger partial charge in [-0.15, -0.1) is 11.3 Å². The fraction of sp³-hybridized carbons (Fsp3) is 0.125. The predicted molar refractivity (Wildman–Crippen MR) is 94.0 cm³/mol. The molecule has 1 amide bonds. The molecule has 0 spiro atoms. The Morgan fingerprint density at radius 2 is 2.04 bits per heavy atom. The van der Waals surface area contributed by atoms with Crippen molar-refractivity contribution >= 4 is 58.2 Å². The van der Waals surface area contributed by atoms with Crippen molar-refractivity contribution in [2.45, 2.75) is 13.0 Å². The van der Waals surface area contributed by atoms with Crippen LogP contribution in [0.15, 0.2) is 41.8 Å². The smallest absolute Gasteiger partial charge is 0.331 e. The maximum Gasteiger partial charge on any atom is 0.331 e. The minimum Gasteiger partial charge on any atom is -0.449 e. The summed E-state index contributed by atoms with van der Waals surface area (Å²) in [4.78, 5) is 24.6. The summed E-state index contributed by atoms with van der Waals surface area (Å²) in [5.74, 6) is -1.09. The van der Waals surface area contributed by atoms with Crippen molar-refractivity contribution in [3.8, 4) is 0 Å². The zero-order valence-corrected chi connectivity index (χ0v) is 14.4. The average Bonchev–Trinajstić information content (AvgIpc) is 3.03. The molecule has 0 radical (unpaired) electrons. The van der Waals surface area contributed by atoms with Crippen LogP contribution in [0.25, 0.3) is 6.08 Å². The highest BCUT2D eigenvalue weighted by atomic mass is 35.5. The highest BCUT2D eigenvalue weighted by molar-refractivity contribution is 7.10. The van der Waals surface area contributed by atoms with Gasteiger partial charge >= 0.3 is 5.97 Å². The predicted octanol–water partition coefficient (Wildman–Crippen LogP) is 4.64. The highest BCUT2D eigenvalue weighted by Gasteiger charge is 2.18. The van der Waals surface area contributed by atoms with E-state index in [1.54, 1.807) is 24.3 Å². The maximum atomic E-state index is 12.0. The van der Waals surface area contributed by atoms with Gasteiger partial charge in [0.1, 0.15) is 0 Å². The fourth-order valence-corrected chi connectivity index (χ4v) is 2.60. The molecule has 0 saturated carbocycles. The third-order valence-electron chi connectivity index (χ3n) is 2.80. The number of carbonyl (C=O) groups is 2. The molecule has 0 aliphatic heterocycles. The second kappa shape index (κ2) is 8.15. The molecule has 2 aromatic rings. The number of thiophene rings is 1. The van der Waals surface area contributed by atoms with Crippen LogP contribution in [-0.2, 0) is 14.3 Å². The van der Waals surface area contributed by atoms with Gasteiger partial charge in [0.2, 0.25) is 0 Å². The van der Waals surface area contributed by atoms with Gasteiger partial charge in [-0.25, -0.2) is 4.79 Å². The third kappa shape index (κ3) is 5.10. The largest absolute Gasteiger partial charge is 0.449 e. The molecule has 23 heavy (non-hydrogen) atoms. The normalized spacial score (nSPS) is 12.1. The first-order valence-electron chi connectivity index (χ1n) is 6.64. The van der Waals surface area contributed by atoms with Gasteiger partial charge in [-0.2, -0.15) is 0 Å². The number of ether oxygens (including phenoxy) is 1.